The van der Waals surface area contributed by atoms with Crippen LogP contribution in [0.15, 0.2) is 11.6 Å². The number of ketones is 1. The van der Waals surface area contributed by atoms with E-state index in [1.54, 1.807) is 6.92 Å². The van der Waals surface area contributed by atoms with Crippen LogP contribution < -0.4 is 5.73 Å². The third-order valence-corrected chi connectivity index (χ3v) is 13.8. The van der Waals surface area contributed by atoms with Gasteiger partial charge in [0, 0.05) is 12.0 Å². The van der Waals surface area contributed by atoms with Crippen molar-refractivity contribution < 1.29 is 27.6 Å². The molecule has 0 saturated heterocycles. The Kier molecular flexibility index (Phi) is 6.68. The Labute approximate surface area is 243 Å². The summed E-state index contributed by atoms with van der Waals surface area (Å²) in [6, 6.07) is 0.105. The zero-order valence-electron chi connectivity index (χ0n) is 25.7. The maximum Gasteiger partial charge on any atom is 0.520 e. The summed E-state index contributed by atoms with van der Waals surface area (Å²) in [4.78, 5) is 32.2. The molecule has 1 amide bonds. The summed E-state index contributed by atoms with van der Waals surface area (Å²) in [5.74, 6) is -1.01. The van der Waals surface area contributed by atoms with Crippen LogP contribution in [0.2, 0.25) is 0 Å². The first-order valence-corrected chi connectivity index (χ1v) is 15.3. The van der Waals surface area contributed by atoms with E-state index in [-0.39, 0.29) is 57.2 Å². The molecule has 5 aliphatic carbocycles. The van der Waals surface area contributed by atoms with Crippen molar-refractivity contribution in [3.05, 3.63) is 11.6 Å². The quantitative estimate of drug-likeness (QED) is 0.215. The number of carbonyl (C=O) groups is 2. The molecule has 0 aromatic rings. The van der Waals surface area contributed by atoms with Gasteiger partial charge >= 0.3 is 6.30 Å². The first kappa shape index (κ1) is 30.4. The lowest BCUT2D eigenvalue weighted by Gasteiger charge is -2.70. The molecule has 5 rings (SSSR count). The van der Waals surface area contributed by atoms with E-state index in [2.05, 4.69) is 46.4 Å². The van der Waals surface area contributed by atoms with E-state index in [0.29, 0.717) is 18.8 Å². The monoisotopic (exact) mass is 576 g/mol. The summed E-state index contributed by atoms with van der Waals surface area (Å²) in [5.41, 5.74) is 5.31. The van der Waals surface area contributed by atoms with Gasteiger partial charge < -0.3 is 10.6 Å². The van der Waals surface area contributed by atoms with E-state index in [1.165, 1.54) is 6.11 Å². The number of halogens is 3. The molecule has 41 heavy (non-hydrogen) atoms. The number of alkyl halides is 3. The van der Waals surface area contributed by atoms with E-state index in [1.807, 2.05) is 6.08 Å². The van der Waals surface area contributed by atoms with Crippen LogP contribution in [0.3, 0.4) is 0 Å². The van der Waals surface area contributed by atoms with Crippen LogP contribution in [-0.4, -0.2) is 29.1 Å². The minimum absolute atomic E-state index is 0.0684. The van der Waals surface area contributed by atoms with Crippen LogP contribution >= 0.6 is 0 Å². The van der Waals surface area contributed by atoms with Gasteiger partial charge in [-0.1, -0.05) is 65.5 Å². The van der Waals surface area contributed by atoms with Crippen LogP contribution in [-0.2, 0) is 14.4 Å². The van der Waals surface area contributed by atoms with E-state index in [0.717, 1.165) is 44.1 Å². The van der Waals surface area contributed by atoms with Crippen LogP contribution in [0.1, 0.15) is 106 Å². The van der Waals surface area contributed by atoms with Gasteiger partial charge in [-0.05, 0) is 103 Å². The molecule has 0 aromatic heterocycles. The topological polar surface area (TPSA) is 72.6 Å². The fraction of sp³-hybridized carbons (Fsp3) is 0.818. The fourth-order valence-electron chi connectivity index (χ4n) is 10.9. The maximum absolute atomic E-state index is 14.4. The third kappa shape index (κ3) is 3.99. The highest BCUT2D eigenvalue weighted by Gasteiger charge is 2.70. The number of rotatable bonds is 2. The molecule has 8 heteroatoms. The number of hydrogen-bond donors (Lipinski definition) is 1. The summed E-state index contributed by atoms with van der Waals surface area (Å²) in [6.07, 6.45) is 10.0. The largest absolute Gasteiger partial charge is 0.520 e. The average Bonchev–Trinajstić information content (AvgIpc) is 2.86. The zero-order chi connectivity index (χ0) is 30.6. The summed E-state index contributed by atoms with van der Waals surface area (Å²) in [7, 11) is 0. The minimum Gasteiger partial charge on any atom is -0.327 e. The standard InChI is InChI=1S/C33H47F3N2O3/c1-9-41-38(33(34,35)36)26(40)29(5)15-14-28(4)16-17-31(7)20(21(28)19-29)18-22(39)25-30(6)12-11-24(37)27(2,3)23(30)10-13-32(25,31)8/h1,18,21,23-25H,10-17,19,37H2,2-8H3/t21-,23?,24-,25+,28+,29-,30-,31+,32+/m0/s1. The van der Waals surface area contributed by atoms with Crippen LogP contribution in [0.5, 0.6) is 0 Å². The SMILES string of the molecule is C#CON(C(=O)[C@@]1(C)CC[C@]2(C)CC[C@]3(C)C(=CC(=O)[C@@H]4[C@@]5(C)CC[C@H](N)C(C)(C)C5CC[C@]43C)[C@@H]2C1)C(F)(F)F. The van der Waals surface area contributed by atoms with Gasteiger partial charge in [0.2, 0.25) is 0 Å². The molecular weight excluding hydrogens is 529 g/mol. The number of allylic oxidation sites excluding steroid dienone is 2. The second-order valence-electron chi connectivity index (χ2n) is 16.0. The van der Waals surface area contributed by atoms with Crippen molar-refractivity contribution in [2.45, 2.75) is 119 Å². The van der Waals surface area contributed by atoms with Gasteiger partial charge in [-0.2, -0.15) is 0 Å². The first-order chi connectivity index (χ1) is 18.7. The van der Waals surface area contributed by atoms with E-state index in [4.69, 9.17) is 12.2 Å². The molecule has 0 aromatic carbocycles. The van der Waals surface area contributed by atoms with Crippen molar-refractivity contribution in [2.24, 2.45) is 56.0 Å². The van der Waals surface area contributed by atoms with Crippen LogP contribution in [0, 0.1) is 62.8 Å². The van der Waals surface area contributed by atoms with Crippen LogP contribution in [0.4, 0.5) is 13.2 Å². The van der Waals surface area contributed by atoms with Crippen molar-refractivity contribution in [3.63, 3.8) is 0 Å². The Morgan fingerprint density at radius 2 is 1.66 bits per heavy atom. The third-order valence-electron chi connectivity index (χ3n) is 13.8. The van der Waals surface area contributed by atoms with Crippen LogP contribution in [0.25, 0.3) is 0 Å². The number of fused-ring (bicyclic) bond motifs is 7. The van der Waals surface area contributed by atoms with Gasteiger partial charge in [-0.3, -0.25) is 9.59 Å². The summed E-state index contributed by atoms with van der Waals surface area (Å²) >= 11 is 0. The second kappa shape index (κ2) is 9.00. The van der Waals surface area contributed by atoms with Gasteiger partial charge in [-0.25, -0.2) is 0 Å². The molecule has 0 aliphatic heterocycles. The average molecular weight is 577 g/mol. The highest BCUT2D eigenvalue weighted by atomic mass is 19.4. The van der Waals surface area contributed by atoms with Gasteiger partial charge in [0.1, 0.15) is 6.11 Å². The minimum atomic E-state index is -5.06. The highest BCUT2D eigenvalue weighted by molar-refractivity contribution is 5.95. The van der Waals surface area contributed by atoms with E-state index < -0.39 is 22.7 Å². The van der Waals surface area contributed by atoms with Crippen molar-refractivity contribution in [3.8, 4) is 12.5 Å². The molecule has 4 fully saturated rings. The fourth-order valence-corrected chi connectivity index (χ4v) is 10.9. The van der Waals surface area contributed by atoms with E-state index in [9.17, 15) is 22.8 Å². The van der Waals surface area contributed by atoms with Crippen molar-refractivity contribution >= 4 is 11.7 Å². The Hall–Kier alpha value is -2.01. The zero-order valence-corrected chi connectivity index (χ0v) is 25.7. The molecule has 0 radical (unpaired) electrons. The molecule has 0 spiro atoms. The molecule has 9 atom stereocenters. The lowest BCUT2D eigenvalue weighted by atomic mass is 9.33. The molecule has 0 bridgehead atoms. The Morgan fingerprint density at radius 3 is 2.27 bits per heavy atom. The van der Waals surface area contributed by atoms with Gasteiger partial charge in [-0.15, -0.1) is 13.2 Å². The smallest absolute Gasteiger partial charge is 0.327 e. The van der Waals surface area contributed by atoms with Gasteiger partial charge in [0.25, 0.3) is 5.91 Å². The van der Waals surface area contributed by atoms with Crippen molar-refractivity contribution in [1.82, 2.24) is 5.06 Å². The van der Waals surface area contributed by atoms with Gasteiger partial charge in [0.15, 0.2) is 5.78 Å². The number of nitrogens with two attached hydrogens (primary N) is 1. The molecule has 1 unspecified atom stereocenters. The summed E-state index contributed by atoms with van der Waals surface area (Å²) in [6.45, 7) is 15.2. The maximum atomic E-state index is 14.4. The van der Waals surface area contributed by atoms with Crippen molar-refractivity contribution in [2.75, 3.05) is 0 Å². The van der Waals surface area contributed by atoms with Crippen molar-refractivity contribution in [1.29, 1.82) is 0 Å². The number of carbonyl (C=O) groups excluding carboxylic acids is 2. The lowest BCUT2D eigenvalue weighted by Crippen LogP contribution is -2.67. The number of terminal acetylenes is 1. The molecule has 4 saturated carbocycles. The lowest BCUT2D eigenvalue weighted by molar-refractivity contribution is -0.334. The molecule has 228 valence electrons. The normalized spacial score (nSPS) is 47.0. The second-order valence-corrected chi connectivity index (χ2v) is 16.0. The molecule has 5 nitrogen and oxygen atoms in total. The first-order valence-electron chi connectivity index (χ1n) is 15.3. The Balaban J connectivity index is 1.57. The molecule has 0 heterocycles. The van der Waals surface area contributed by atoms with Gasteiger partial charge in [0.05, 0.1) is 5.41 Å². The highest BCUT2D eigenvalue weighted by Crippen LogP contribution is 2.75. The predicted molar refractivity (Wildman–Crippen MR) is 150 cm³/mol. The Bertz CT molecular complexity index is 1220. The van der Waals surface area contributed by atoms with E-state index >= 15 is 0 Å². The molecule has 5 aliphatic rings. The number of amides is 1. The summed E-state index contributed by atoms with van der Waals surface area (Å²) in [5, 5.41) is -0.590. The Morgan fingerprint density at radius 1 is 1.02 bits per heavy atom. The summed E-state index contributed by atoms with van der Waals surface area (Å²) < 4.78 is 41.3. The molecule has 2 N–H and O–H groups in total. The number of nitrogens with zero attached hydrogens (tertiary/aromatic N) is 1. The number of hydrogen-bond acceptors (Lipinski definition) is 4. The number of hydroxylamine groups is 2. The molecular formula is C33H47F3N2O3. The predicted octanol–water partition coefficient (Wildman–Crippen LogP) is 7.17.